The molecular formula is C29H30F3N3O4. The van der Waals surface area contributed by atoms with Gasteiger partial charge in [0.15, 0.2) is 5.69 Å². The van der Waals surface area contributed by atoms with E-state index in [1.807, 2.05) is 18.1 Å². The average molecular weight is 542 g/mol. The number of benzene rings is 2. The maximum absolute atomic E-state index is 13.6. The molecule has 0 radical (unpaired) electrons. The van der Waals surface area contributed by atoms with Gasteiger partial charge in [0, 0.05) is 18.2 Å². The number of aromatic amines is 1. The normalized spacial score (nSPS) is 14.8. The lowest BCUT2D eigenvalue weighted by Crippen LogP contribution is -2.27. The highest BCUT2D eigenvalue weighted by molar-refractivity contribution is 5.97. The lowest BCUT2D eigenvalue weighted by Gasteiger charge is -2.24. The van der Waals surface area contributed by atoms with Crippen LogP contribution in [0.25, 0.3) is 0 Å². The number of anilines is 1. The molecule has 1 fully saturated rings. The fourth-order valence-corrected chi connectivity index (χ4v) is 5.35. The molecule has 206 valence electrons. The highest BCUT2D eigenvalue weighted by Crippen LogP contribution is 2.39. The summed E-state index contributed by atoms with van der Waals surface area (Å²) in [4.78, 5) is 36.3. The molecule has 3 N–H and O–H groups in total. The molecule has 1 aliphatic rings. The second-order valence-electron chi connectivity index (χ2n) is 10.0. The van der Waals surface area contributed by atoms with Crippen LogP contribution in [-0.4, -0.2) is 27.2 Å². The first-order chi connectivity index (χ1) is 18.5. The maximum atomic E-state index is 13.6. The van der Waals surface area contributed by atoms with E-state index in [1.165, 1.54) is 0 Å². The molecule has 1 saturated carbocycles. The Balaban J connectivity index is 1.57. The number of hydrogen-bond donors (Lipinski definition) is 3. The minimum absolute atomic E-state index is 0.00677. The van der Waals surface area contributed by atoms with Crippen LogP contribution in [0.2, 0.25) is 0 Å². The Morgan fingerprint density at radius 2 is 1.79 bits per heavy atom. The van der Waals surface area contributed by atoms with Gasteiger partial charge in [-0.05, 0) is 72.4 Å². The summed E-state index contributed by atoms with van der Waals surface area (Å²) >= 11 is 0. The van der Waals surface area contributed by atoms with Gasteiger partial charge in [-0.15, -0.1) is 0 Å². The number of nitrogens with zero attached hydrogens (tertiary/aromatic N) is 1. The van der Waals surface area contributed by atoms with E-state index in [0.29, 0.717) is 17.7 Å². The van der Waals surface area contributed by atoms with Gasteiger partial charge in [0.25, 0.3) is 5.56 Å². The van der Waals surface area contributed by atoms with Crippen molar-refractivity contribution in [2.75, 3.05) is 5.32 Å². The van der Waals surface area contributed by atoms with Gasteiger partial charge in [-0.25, -0.2) is 5.10 Å². The standard InChI is InChI=1S/C29H30F3N3O4/c1-17-19(13-14-25(37)38)7-4-8-23(17)33-28(39)26(20-5-2-3-6-20)21-11-9-18(10-12-21)15-22-16-24(36)34-35-27(22)29(30,31)32/h4,7-12,16,20,26H,2-3,5-6,13-15H2,1H3,(H,33,39)(H,34,36)(H,37,38). The van der Waals surface area contributed by atoms with Crippen LogP contribution in [0.15, 0.2) is 53.3 Å². The van der Waals surface area contributed by atoms with Crippen LogP contribution in [0.1, 0.15) is 71.5 Å². The van der Waals surface area contributed by atoms with Crippen LogP contribution in [0.3, 0.4) is 0 Å². The molecule has 0 bridgehead atoms. The molecule has 0 saturated heterocycles. The van der Waals surface area contributed by atoms with E-state index < -0.39 is 29.3 Å². The van der Waals surface area contributed by atoms with Gasteiger partial charge in [-0.2, -0.15) is 18.3 Å². The summed E-state index contributed by atoms with van der Waals surface area (Å²) in [6.45, 7) is 1.85. The third-order valence-corrected chi connectivity index (χ3v) is 7.36. The maximum Gasteiger partial charge on any atom is 0.435 e. The molecule has 1 aliphatic carbocycles. The largest absolute Gasteiger partial charge is 0.481 e. The van der Waals surface area contributed by atoms with E-state index in [4.69, 9.17) is 5.11 Å². The van der Waals surface area contributed by atoms with Crippen LogP contribution in [0.5, 0.6) is 0 Å². The molecule has 1 heterocycles. The zero-order chi connectivity index (χ0) is 28.2. The van der Waals surface area contributed by atoms with Crippen molar-refractivity contribution in [2.45, 2.75) is 64.0 Å². The van der Waals surface area contributed by atoms with Crippen molar-refractivity contribution in [3.8, 4) is 0 Å². The van der Waals surface area contributed by atoms with Crippen molar-refractivity contribution in [2.24, 2.45) is 5.92 Å². The highest BCUT2D eigenvalue weighted by Gasteiger charge is 2.36. The Labute approximate surface area is 223 Å². The van der Waals surface area contributed by atoms with Crippen LogP contribution in [0, 0.1) is 12.8 Å². The summed E-state index contributed by atoms with van der Waals surface area (Å²) in [6, 6.07) is 13.2. The van der Waals surface area contributed by atoms with Crippen LogP contribution in [-0.2, 0) is 28.6 Å². The second kappa shape index (κ2) is 11.8. The zero-order valence-corrected chi connectivity index (χ0v) is 21.5. The summed E-state index contributed by atoms with van der Waals surface area (Å²) in [6.07, 6.45) is -0.652. The first kappa shape index (κ1) is 28.1. The van der Waals surface area contributed by atoms with Gasteiger partial charge in [0.2, 0.25) is 5.91 Å². The molecule has 39 heavy (non-hydrogen) atoms. The lowest BCUT2D eigenvalue weighted by atomic mass is 9.83. The van der Waals surface area contributed by atoms with E-state index in [2.05, 4.69) is 10.4 Å². The first-order valence-corrected chi connectivity index (χ1v) is 12.9. The summed E-state index contributed by atoms with van der Waals surface area (Å²) in [5, 5.41) is 17.1. The fraction of sp³-hybridized carbons (Fsp3) is 0.379. The number of rotatable bonds is 9. The molecular weight excluding hydrogens is 511 g/mol. The number of aliphatic carboxylic acids is 1. The van der Waals surface area contributed by atoms with Crippen molar-refractivity contribution < 1.29 is 27.9 Å². The highest BCUT2D eigenvalue weighted by atomic mass is 19.4. The average Bonchev–Trinajstić information content (AvgIpc) is 3.39. The second-order valence-corrected chi connectivity index (χ2v) is 10.0. The molecule has 1 atom stereocenters. The van der Waals surface area contributed by atoms with Gasteiger partial charge in [0.05, 0.1) is 5.92 Å². The van der Waals surface area contributed by atoms with E-state index in [0.717, 1.165) is 48.4 Å². The van der Waals surface area contributed by atoms with Gasteiger partial charge in [-0.3, -0.25) is 14.4 Å². The van der Waals surface area contributed by atoms with E-state index >= 15 is 0 Å². The van der Waals surface area contributed by atoms with Crippen molar-refractivity contribution >= 4 is 17.6 Å². The molecule has 1 amide bonds. The predicted molar refractivity (Wildman–Crippen MR) is 140 cm³/mol. The van der Waals surface area contributed by atoms with E-state index in [1.54, 1.807) is 36.4 Å². The molecule has 1 aromatic heterocycles. The number of carbonyl (C=O) groups is 2. The molecule has 10 heteroatoms. The van der Waals surface area contributed by atoms with Crippen molar-refractivity contribution in [3.05, 3.63) is 92.4 Å². The van der Waals surface area contributed by atoms with E-state index in [-0.39, 0.29) is 30.2 Å². The number of amides is 1. The third kappa shape index (κ3) is 6.93. The van der Waals surface area contributed by atoms with Gasteiger partial charge >= 0.3 is 12.1 Å². The Bertz CT molecular complexity index is 1390. The van der Waals surface area contributed by atoms with Crippen LogP contribution in [0.4, 0.5) is 18.9 Å². The SMILES string of the molecule is Cc1c(CCC(=O)O)cccc1NC(=O)C(c1ccc(Cc2cc(=O)[nH]nc2C(F)(F)F)cc1)C1CCCC1. The number of halogens is 3. The van der Waals surface area contributed by atoms with Crippen molar-refractivity contribution in [3.63, 3.8) is 0 Å². The van der Waals surface area contributed by atoms with Crippen molar-refractivity contribution in [1.29, 1.82) is 0 Å². The number of carboxylic acid groups (broad SMARTS) is 1. The molecule has 4 rings (SSSR count). The number of hydrogen-bond acceptors (Lipinski definition) is 4. The minimum atomic E-state index is -4.70. The quantitative estimate of drug-likeness (QED) is 0.326. The number of carboxylic acids is 1. The molecule has 7 nitrogen and oxygen atoms in total. The summed E-state index contributed by atoms with van der Waals surface area (Å²) in [5.41, 5.74) is 1.56. The molecule has 3 aromatic rings. The van der Waals surface area contributed by atoms with Gasteiger partial charge < -0.3 is 10.4 Å². The summed E-state index contributed by atoms with van der Waals surface area (Å²) < 4.78 is 40.1. The van der Waals surface area contributed by atoms with Gasteiger partial charge in [-0.1, -0.05) is 49.2 Å². The molecule has 0 aliphatic heterocycles. The number of aryl methyl sites for hydroxylation is 1. The Morgan fingerprint density at radius 1 is 1.10 bits per heavy atom. The number of aromatic nitrogens is 2. The topological polar surface area (TPSA) is 112 Å². The van der Waals surface area contributed by atoms with Gasteiger partial charge in [0.1, 0.15) is 0 Å². The summed E-state index contributed by atoms with van der Waals surface area (Å²) in [5.74, 6) is -1.39. The minimum Gasteiger partial charge on any atom is -0.481 e. The Morgan fingerprint density at radius 3 is 2.44 bits per heavy atom. The lowest BCUT2D eigenvalue weighted by molar-refractivity contribution is -0.142. The number of alkyl halides is 3. The Kier molecular flexibility index (Phi) is 8.52. The molecule has 1 unspecified atom stereocenters. The van der Waals surface area contributed by atoms with Crippen LogP contribution < -0.4 is 10.9 Å². The Hall–Kier alpha value is -3.95. The number of nitrogens with one attached hydrogen (secondary N) is 2. The molecule has 0 spiro atoms. The predicted octanol–water partition coefficient (Wildman–Crippen LogP) is 5.62. The molecule has 2 aromatic carbocycles. The monoisotopic (exact) mass is 541 g/mol. The van der Waals surface area contributed by atoms with Crippen LogP contribution >= 0.6 is 0 Å². The number of carbonyl (C=O) groups excluding carboxylic acids is 1. The smallest absolute Gasteiger partial charge is 0.435 e. The van der Waals surface area contributed by atoms with Crippen molar-refractivity contribution in [1.82, 2.24) is 10.2 Å². The number of H-pyrrole nitrogens is 1. The summed E-state index contributed by atoms with van der Waals surface area (Å²) in [7, 11) is 0. The third-order valence-electron chi connectivity index (χ3n) is 7.36. The first-order valence-electron chi connectivity index (χ1n) is 12.9. The zero-order valence-electron chi connectivity index (χ0n) is 21.5. The van der Waals surface area contributed by atoms with E-state index in [9.17, 15) is 27.6 Å². The fourth-order valence-electron chi connectivity index (χ4n) is 5.35.